The average Bonchev–Trinajstić information content (AvgIpc) is 3.14. The lowest BCUT2D eigenvalue weighted by Crippen LogP contribution is -2.27. The summed E-state index contributed by atoms with van der Waals surface area (Å²) < 4.78 is 12.5. The zero-order chi connectivity index (χ0) is 32.4. The standard InChI is InChI=1S/C43H40O2P2/c1-4-5-9-20-33-21-16-17-30-39(33)47(36-26-14-8-15-27-36)41-32-19-29-38(45-3)43(41)42-37(44-2)28-18-31-40(42)46(34-22-10-6-11-23-34)35-24-12-7-13-25-35/h6-32H,4-5H2,1-3H3/b20-9+. The SMILES string of the molecule is CCC/C=C/c1ccccc1P(c1ccccc1)c1cccc(OC)c1-c1c(OC)cccc1P(c1ccccc1)c1ccccc1. The zero-order valence-electron chi connectivity index (χ0n) is 27.2. The molecule has 47 heavy (non-hydrogen) atoms. The largest absolute Gasteiger partial charge is 0.496 e. The van der Waals surface area contributed by atoms with Crippen molar-refractivity contribution in [3.05, 3.63) is 163 Å². The highest BCUT2D eigenvalue weighted by Crippen LogP contribution is 2.47. The lowest BCUT2D eigenvalue weighted by molar-refractivity contribution is 0.411. The summed E-state index contributed by atoms with van der Waals surface area (Å²) >= 11 is 0. The van der Waals surface area contributed by atoms with Gasteiger partial charge in [0.05, 0.1) is 14.2 Å². The molecule has 1 atom stereocenters. The van der Waals surface area contributed by atoms with Crippen molar-refractivity contribution in [2.24, 2.45) is 0 Å². The second kappa shape index (κ2) is 15.9. The van der Waals surface area contributed by atoms with Gasteiger partial charge in [0, 0.05) is 11.1 Å². The van der Waals surface area contributed by atoms with Crippen molar-refractivity contribution in [3.8, 4) is 22.6 Å². The number of methoxy groups -OCH3 is 2. The van der Waals surface area contributed by atoms with Crippen molar-refractivity contribution in [3.63, 3.8) is 0 Å². The summed E-state index contributed by atoms with van der Waals surface area (Å²) in [6.45, 7) is 2.22. The van der Waals surface area contributed by atoms with E-state index in [0.717, 1.165) is 35.5 Å². The number of hydrogen-bond donors (Lipinski definition) is 0. The first kappa shape index (κ1) is 32.5. The Morgan fingerprint density at radius 1 is 0.468 bits per heavy atom. The first-order valence-electron chi connectivity index (χ1n) is 16.1. The molecular formula is C43H40O2P2. The van der Waals surface area contributed by atoms with Gasteiger partial charge in [0.25, 0.3) is 0 Å². The number of unbranched alkanes of at least 4 members (excludes halogenated alkanes) is 1. The van der Waals surface area contributed by atoms with Gasteiger partial charge in [-0.1, -0.05) is 165 Å². The quantitative estimate of drug-likeness (QED) is 0.123. The van der Waals surface area contributed by atoms with Crippen LogP contribution in [0.5, 0.6) is 11.5 Å². The molecule has 6 aromatic carbocycles. The molecule has 0 fully saturated rings. The molecule has 0 radical (unpaired) electrons. The zero-order valence-corrected chi connectivity index (χ0v) is 29.0. The van der Waals surface area contributed by atoms with Crippen LogP contribution in [0.1, 0.15) is 25.3 Å². The van der Waals surface area contributed by atoms with E-state index in [2.05, 4.69) is 171 Å². The van der Waals surface area contributed by atoms with Gasteiger partial charge < -0.3 is 9.47 Å². The van der Waals surface area contributed by atoms with Gasteiger partial charge in [-0.25, -0.2) is 0 Å². The molecule has 0 saturated heterocycles. The Labute approximate surface area is 282 Å². The second-order valence-corrected chi connectivity index (χ2v) is 15.5. The van der Waals surface area contributed by atoms with Crippen LogP contribution in [0.4, 0.5) is 0 Å². The summed E-state index contributed by atoms with van der Waals surface area (Å²) in [6, 6.07) is 54.6. The third kappa shape index (κ3) is 7.11. The van der Waals surface area contributed by atoms with E-state index in [1.807, 2.05) is 0 Å². The van der Waals surface area contributed by atoms with Gasteiger partial charge in [0.1, 0.15) is 11.5 Å². The van der Waals surface area contributed by atoms with Crippen molar-refractivity contribution in [2.45, 2.75) is 19.8 Å². The van der Waals surface area contributed by atoms with Crippen LogP contribution in [0.2, 0.25) is 0 Å². The minimum atomic E-state index is -0.991. The number of allylic oxidation sites excluding steroid dienone is 1. The van der Waals surface area contributed by atoms with Gasteiger partial charge >= 0.3 is 0 Å². The third-order valence-electron chi connectivity index (χ3n) is 8.15. The number of ether oxygens (including phenoxy) is 2. The molecule has 0 spiro atoms. The minimum Gasteiger partial charge on any atom is -0.496 e. The maximum absolute atomic E-state index is 6.27. The van der Waals surface area contributed by atoms with Gasteiger partial charge in [-0.2, -0.15) is 0 Å². The van der Waals surface area contributed by atoms with Crippen molar-refractivity contribution < 1.29 is 9.47 Å². The first-order chi connectivity index (χ1) is 23.2. The fraction of sp³-hybridized carbons (Fsp3) is 0.116. The van der Waals surface area contributed by atoms with E-state index in [1.54, 1.807) is 14.2 Å². The van der Waals surface area contributed by atoms with Crippen LogP contribution in [0.15, 0.2) is 158 Å². The van der Waals surface area contributed by atoms with Crippen LogP contribution < -0.4 is 41.3 Å². The predicted octanol–water partition coefficient (Wildman–Crippen LogP) is 8.70. The maximum Gasteiger partial charge on any atom is 0.127 e. The molecule has 1 unspecified atom stereocenters. The van der Waals surface area contributed by atoms with Gasteiger partial charge in [-0.3, -0.25) is 0 Å². The third-order valence-corrected chi connectivity index (χ3v) is 13.2. The molecule has 0 heterocycles. The lowest BCUT2D eigenvalue weighted by atomic mass is 10.0. The van der Waals surface area contributed by atoms with Crippen molar-refractivity contribution in [2.75, 3.05) is 14.2 Å². The molecule has 0 aliphatic carbocycles. The number of hydrogen-bond acceptors (Lipinski definition) is 2. The fourth-order valence-electron chi connectivity index (χ4n) is 6.03. The topological polar surface area (TPSA) is 18.5 Å². The maximum atomic E-state index is 6.27. The van der Waals surface area contributed by atoms with Gasteiger partial charge in [-0.15, -0.1) is 0 Å². The van der Waals surface area contributed by atoms with Crippen LogP contribution in [-0.2, 0) is 0 Å². The molecule has 0 amide bonds. The van der Waals surface area contributed by atoms with Crippen molar-refractivity contribution in [1.29, 1.82) is 0 Å². The predicted molar refractivity (Wildman–Crippen MR) is 206 cm³/mol. The Bertz CT molecular complexity index is 1880. The van der Waals surface area contributed by atoms with E-state index in [1.165, 1.54) is 37.4 Å². The Kier molecular flexibility index (Phi) is 11.0. The van der Waals surface area contributed by atoms with Gasteiger partial charge in [-0.05, 0) is 71.8 Å². The molecule has 0 aliphatic rings. The summed E-state index contributed by atoms with van der Waals surface area (Å²) in [7, 11) is 1.64. The normalized spacial score (nSPS) is 11.9. The molecule has 234 valence electrons. The van der Waals surface area contributed by atoms with E-state index in [-0.39, 0.29) is 0 Å². The highest BCUT2D eigenvalue weighted by Gasteiger charge is 2.30. The monoisotopic (exact) mass is 650 g/mol. The van der Waals surface area contributed by atoms with Crippen LogP contribution in [0.3, 0.4) is 0 Å². The summed E-state index contributed by atoms with van der Waals surface area (Å²) in [5.41, 5.74) is 3.42. The summed E-state index contributed by atoms with van der Waals surface area (Å²) in [5, 5.41) is 7.66. The highest BCUT2D eigenvalue weighted by molar-refractivity contribution is 7.81. The minimum absolute atomic E-state index is 0.840. The molecular weight excluding hydrogens is 610 g/mol. The lowest BCUT2D eigenvalue weighted by Gasteiger charge is -2.29. The van der Waals surface area contributed by atoms with Crippen molar-refractivity contribution in [1.82, 2.24) is 0 Å². The van der Waals surface area contributed by atoms with Crippen molar-refractivity contribution >= 4 is 53.7 Å². The molecule has 0 bridgehead atoms. The molecule has 2 nitrogen and oxygen atoms in total. The molecule has 6 aromatic rings. The molecule has 0 aliphatic heterocycles. The first-order valence-corrected chi connectivity index (χ1v) is 18.8. The molecule has 0 saturated carbocycles. The van der Waals surface area contributed by atoms with E-state index >= 15 is 0 Å². The molecule has 4 heteroatoms. The Morgan fingerprint density at radius 3 is 1.38 bits per heavy atom. The van der Waals surface area contributed by atoms with Gasteiger partial charge in [0.2, 0.25) is 0 Å². The Hall–Kier alpha value is -4.48. The van der Waals surface area contributed by atoms with E-state index in [9.17, 15) is 0 Å². The van der Waals surface area contributed by atoms with E-state index in [0.29, 0.717) is 0 Å². The van der Waals surface area contributed by atoms with E-state index in [4.69, 9.17) is 9.47 Å². The molecule has 0 aromatic heterocycles. The van der Waals surface area contributed by atoms with Gasteiger partial charge in [0.15, 0.2) is 0 Å². The van der Waals surface area contributed by atoms with E-state index < -0.39 is 15.8 Å². The van der Waals surface area contributed by atoms with Crippen LogP contribution in [0, 0.1) is 0 Å². The van der Waals surface area contributed by atoms with Crippen LogP contribution >= 0.6 is 15.8 Å². The summed E-state index contributed by atoms with van der Waals surface area (Å²) in [4.78, 5) is 0. The number of rotatable bonds is 12. The second-order valence-electron chi connectivity index (χ2n) is 11.1. The Morgan fingerprint density at radius 2 is 0.894 bits per heavy atom. The summed E-state index contributed by atoms with van der Waals surface area (Å²) in [6.07, 6.45) is 6.77. The molecule has 0 N–H and O–H groups in total. The number of benzene rings is 6. The highest BCUT2D eigenvalue weighted by atomic mass is 31.1. The smallest absolute Gasteiger partial charge is 0.127 e. The summed E-state index contributed by atoms with van der Waals surface area (Å²) in [5.74, 6) is 1.68. The average molecular weight is 651 g/mol. The van der Waals surface area contributed by atoms with Crippen LogP contribution in [-0.4, -0.2) is 14.2 Å². The Balaban J connectivity index is 1.68. The molecule has 6 rings (SSSR count). The fourth-order valence-corrected chi connectivity index (χ4v) is 11.1. The van der Waals surface area contributed by atoms with Crippen LogP contribution in [0.25, 0.3) is 17.2 Å².